The van der Waals surface area contributed by atoms with Gasteiger partial charge in [-0.3, -0.25) is 9.59 Å². The Morgan fingerprint density at radius 2 is 1.70 bits per heavy atom. The minimum Gasteiger partial charge on any atom is -0.372 e. The second kappa shape index (κ2) is 8.49. The Labute approximate surface area is 159 Å². The zero-order chi connectivity index (χ0) is 19.2. The van der Waals surface area contributed by atoms with E-state index in [1.807, 2.05) is 42.5 Å². The summed E-state index contributed by atoms with van der Waals surface area (Å²) in [5.41, 5.74) is 2.85. The van der Waals surface area contributed by atoms with Crippen LogP contribution in [-0.4, -0.2) is 30.6 Å². The number of rotatable bonds is 6. The fourth-order valence-electron chi connectivity index (χ4n) is 3.04. The molecule has 0 saturated carbocycles. The third-order valence-corrected chi connectivity index (χ3v) is 4.55. The van der Waals surface area contributed by atoms with Crippen LogP contribution in [0.15, 0.2) is 59.7 Å². The summed E-state index contributed by atoms with van der Waals surface area (Å²) >= 11 is 0. The van der Waals surface area contributed by atoms with Crippen molar-refractivity contribution < 1.29 is 9.59 Å². The van der Waals surface area contributed by atoms with E-state index in [-0.39, 0.29) is 18.2 Å². The Bertz CT molecular complexity index is 827. The topological polar surface area (TPSA) is 65.0 Å². The van der Waals surface area contributed by atoms with Gasteiger partial charge >= 0.3 is 0 Å². The van der Waals surface area contributed by atoms with Gasteiger partial charge < -0.3 is 10.2 Å². The molecule has 1 heterocycles. The Hall–Kier alpha value is -3.15. The fourth-order valence-corrected chi connectivity index (χ4v) is 3.04. The van der Waals surface area contributed by atoms with Crippen LogP contribution < -0.4 is 15.2 Å². The maximum atomic E-state index is 12.6. The lowest BCUT2D eigenvalue weighted by Crippen LogP contribution is -2.36. The molecule has 1 N–H and O–H groups in total. The highest BCUT2D eigenvalue weighted by molar-refractivity contribution is 6.44. The molecular formula is C21H24N4O2. The van der Waals surface area contributed by atoms with Crippen molar-refractivity contribution in [3.05, 3.63) is 54.6 Å². The van der Waals surface area contributed by atoms with Crippen LogP contribution in [0.3, 0.4) is 0 Å². The lowest BCUT2D eigenvalue weighted by Gasteiger charge is -2.23. The van der Waals surface area contributed by atoms with Crippen LogP contribution in [0.1, 0.15) is 26.7 Å². The number of anilines is 3. The van der Waals surface area contributed by atoms with Crippen LogP contribution in [0.4, 0.5) is 17.1 Å². The molecule has 1 aliphatic heterocycles. The van der Waals surface area contributed by atoms with Crippen molar-refractivity contribution in [1.29, 1.82) is 0 Å². The van der Waals surface area contributed by atoms with Crippen molar-refractivity contribution >= 4 is 34.6 Å². The first-order chi connectivity index (χ1) is 13.1. The largest absolute Gasteiger partial charge is 0.372 e. The third-order valence-electron chi connectivity index (χ3n) is 4.55. The Morgan fingerprint density at radius 3 is 2.33 bits per heavy atom. The number of benzene rings is 2. The molecule has 0 spiro atoms. The normalized spacial score (nSPS) is 13.9. The number of nitrogens with one attached hydrogen (secondary N) is 1. The molecule has 0 radical (unpaired) electrons. The SMILES string of the molecule is CCN(CC)c1ccc(NC(=O)C2=NN(c3ccccc3)C(=O)CC2)cc1. The fraction of sp³-hybridized carbons (Fsp3) is 0.286. The molecular weight excluding hydrogens is 340 g/mol. The molecule has 2 aromatic rings. The second-order valence-corrected chi connectivity index (χ2v) is 6.26. The first kappa shape index (κ1) is 18.6. The quantitative estimate of drug-likeness (QED) is 0.851. The van der Waals surface area contributed by atoms with E-state index in [2.05, 4.69) is 29.2 Å². The molecule has 0 aliphatic carbocycles. The number of hydrazone groups is 1. The van der Waals surface area contributed by atoms with Gasteiger partial charge in [-0.25, -0.2) is 5.01 Å². The van der Waals surface area contributed by atoms with E-state index in [1.165, 1.54) is 5.01 Å². The van der Waals surface area contributed by atoms with Crippen molar-refractivity contribution in [2.75, 3.05) is 28.3 Å². The molecule has 0 aromatic heterocycles. The van der Waals surface area contributed by atoms with Crippen molar-refractivity contribution in [1.82, 2.24) is 0 Å². The number of carbonyl (C=O) groups is 2. The van der Waals surface area contributed by atoms with Gasteiger partial charge in [0.2, 0.25) is 5.91 Å². The van der Waals surface area contributed by atoms with Gasteiger partial charge in [-0.1, -0.05) is 18.2 Å². The zero-order valence-electron chi connectivity index (χ0n) is 15.7. The van der Waals surface area contributed by atoms with Crippen molar-refractivity contribution in [2.45, 2.75) is 26.7 Å². The van der Waals surface area contributed by atoms with Crippen LogP contribution in [0.5, 0.6) is 0 Å². The van der Waals surface area contributed by atoms with Crippen LogP contribution in [0.2, 0.25) is 0 Å². The smallest absolute Gasteiger partial charge is 0.271 e. The van der Waals surface area contributed by atoms with Gasteiger partial charge in [-0.05, 0) is 50.2 Å². The molecule has 2 amide bonds. The summed E-state index contributed by atoms with van der Waals surface area (Å²) in [6, 6.07) is 16.9. The molecule has 0 saturated heterocycles. The number of hydrogen-bond donors (Lipinski definition) is 1. The monoisotopic (exact) mass is 364 g/mol. The minimum absolute atomic E-state index is 0.110. The third kappa shape index (κ3) is 4.34. The summed E-state index contributed by atoms with van der Waals surface area (Å²) in [5, 5.41) is 8.46. The molecule has 27 heavy (non-hydrogen) atoms. The Kier molecular flexibility index (Phi) is 5.86. The van der Waals surface area contributed by atoms with Gasteiger partial charge in [-0.15, -0.1) is 0 Å². The van der Waals surface area contributed by atoms with Crippen molar-refractivity contribution in [3.8, 4) is 0 Å². The highest BCUT2D eigenvalue weighted by Crippen LogP contribution is 2.21. The predicted octanol–water partition coefficient (Wildman–Crippen LogP) is 3.65. The van der Waals surface area contributed by atoms with E-state index in [0.29, 0.717) is 23.5 Å². The van der Waals surface area contributed by atoms with E-state index in [1.54, 1.807) is 12.1 Å². The van der Waals surface area contributed by atoms with E-state index < -0.39 is 0 Å². The molecule has 3 rings (SSSR count). The van der Waals surface area contributed by atoms with Gasteiger partial charge in [0.05, 0.1) is 5.69 Å². The highest BCUT2D eigenvalue weighted by atomic mass is 16.2. The summed E-state index contributed by atoms with van der Waals surface area (Å²) in [5.74, 6) is -0.389. The molecule has 6 heteroatoms. The molecule has 0 bridgehead atoms. The van der Waals surface area contributed by atoms with Crippen molar-refractivity contribution in [2.24, 2.45) is 5.10 Å². The average Bonchev–Trinajstić information content (AvgIpc) is 2.71. The minimum atomic E-state index is -0.279. The van der Waals surface area contributed by atoms with E-state index in [9.17, 15) is 9.59 Å². The van der Waals surface area contributed by atoms with E-state index in [4.69, 9.17) is 0 Å². The number of para-hydroxylation sites is 1. The molecule has 2 aromatic carbocycles. The number of carbonyl (C=O) groups excluding carboxylic acids is 2. The Morgan fingerprint density at radius 1 is 1.04 bits per heavy atom. The Balaban J connectivity index is 1.73. The number of amides is 2. The van der Waals surface area contributed by atoms with Crippen LogP contribution in [0, 0.1) is 0 Å². The van der Waals surface area contributed by atoms with Crippen molar-refractivity contribution in [3.63, 3.8) is 0 Å². The molecule has 0 atom stereocenters. The van der Waals surface area contributed by atoms with Crippen LogP contribution in [0.25, 0.3) is 0 Å². The summed E-state index contributed by atoms with van der Waals surface area (Å²) in [7, 11) is 0. The van der Waals surface area contributed by atoms with Gasteiger partial charge in [0.15, 0.2) is 0 Å². The van der Waals surface area contributed by atoms with Crippen LogP contribution in [-0.2, 0) is 9.59 Å². The second-order valence-electron chi connectivity index (χ2n) is 6.26. The standard InChI is InChI=1S/C21H24N4O2/c1-3-24(4-2)17-12-10-16(11-13-17)22-21(27)19-14-15-20(26)25(23-19)18-8-6-5-7-9-18/h5-13H,3-4,14-15H2,1-2H3,(H,22,27). The molecule has 6 nitrogen and oxygen atoms in total. The van der Waals surface area contributed by atoms with Gasteiger partial charge in [-0.2, -0.15) is 5.10 Å². The predicted molar refractivity (Wildman–Crippen MR) is 109 cm³/mol. The maximum Gasteiger partial charge on any atom is 0.271 e. The zero-order valence-corrected chi connectivity index (χ0v) is 15.7. The lowest BCUT2D eigenvalue weighted by molar-refractivity contribution is -0.118. The molecule has 140 valence electrons. The van der Waals surface area contributed by atoms with E-state index >= 15 is 0 Å². The lowest BCUT2D eigenvalue weighted by atomic mass is 10.1. The summed E-state index contributed by atoms with van der Waals surface area (Å²) < 4.78 is 0. The molecule has 1 aliphatic rings. The van der Waals surface area contributed by atoms with Gasteiger partial charge in [0, 0.05) is 37.3 Å². The molecule has 0 fully saturated rings. The van der Waals surface area contributed by atoms with Crippen LogP contribution >= 0.6 is 0 Å². The first-order valence-electron chi connectivity index (χ1n) is 9.24. The number of hydrogen-bond acceptors (Lipinski definition) is 4. The maximum absolute atomic E-state index is 12.6. The average molecular weight is 364 g/mol. The number of nitrogens with zero attached hydrogens (tertiary/aromatic N) is 3. The summed E-state index contributed by atoms with van der Waals surface area (Å²) in [6.45, 7) is 6.09. The molecule has 0 unspecified atom stereocenters. The van der Waals surface area contributed by atoms with Gasteiger partial charge in [0.25, 0.3) is 5.91 Å². The van der Waals surface area contributed by atoms with Gasteiger partial charge in [0.1, 0.15) is 5.71 Å². The van der Waals surface area contributed by atoms with E-state index in [0.717, 1.165) is 18.8 Å². The summed E-state index contributed by atoms with van der Waals surface area (Å²) in [6.07, 6.45) is 0.605. The highest BCUT2D eigenvalue weighted by Gasteiger charge is 2.25. The first-order valence-corrected chi connectivity index (χ1v) is 9.24. The summed E-state index contributed by atoms with van der Waals surface area (Å²) in [4.78, 5) is 27.0.